The molecule has 1 aliphatic rings. The maximum absolute atomic E-state index is 12.9. The van der Waals surface area contributed by atoms with Gasteiger partial charge >= 0.3 is 12.1 Å². The van der Waals surface area contributed by atoms with Gasteiger partial charge in [0.2, 0.25) is 0 Å². The summed E-state index contributed by atoms with van der Waals surface area (Å²) >= 11 is 0. The van der Waals surface area contributed by atoms with Crippen LogP contribution in [0.5, 0.6) is 0 Å². The quantitative estimate of drug-likeness (QED) is 0.877. The van der Waals surface area contributed by atoms with E-state index in [1.165, 1.54) is 30.6 Å². The van der Waals surface area contributed by atoms with Crippen LogP contribution in [0.1, 0.15) is 51.4 Å². The third-order valence-corrected chi connectivity index (χ3v) is 4.29. The molecule has 0 spiro atoms. The van der Waals surface area contributed by atoms with Crippen molar-refractivity contribution >= 4 is 5.97 Å². The molecule has 126 valence electrons. The van der Waals surface area contributed by atoms with Gasteiger partial charge in [0.1, 0.15) is 0 Å². The van der Waals surface area contributed by atoms with Crippen LogP contribution in [-0.2, 0) is 19.0 Å². The average Bonchev–Trinajstić information content (AvgIpc) is 3.37. The van der Waals surface area contributed by atoms with E-state index in [0.717, 1.165) is 30.0 Å². The molecule has 0 bridgehead atoms. The highest BCUT2D eigenvalue weighted by Gasteiger charge is 2.33. The summed E-state index contributed by atoms with van der Waals surface area (Å²) in [7, 11) is 0. The molecule has 1 aromatic heterocycles. The summed E-state index contributed by atoms with van der Waals surface area (Å²) < 4.78 is 38.7. The summed E-state index contributed by atoms with van der Waals surface area (Å²) in [4.78, 5) is 15.2. The first-order chi connectivity index (χ1) is 11.4. The second kappa shape index (κ2) is 6.26. The fourth-order valence-electron chi connectivity index (χ4n) is 2.88. The minimum atomic E-state index is -4.35. The van der Waals surface area contributed by atoms with Crippen LogP contribution in [-0.4, -0.2) is 16.1 Å². The number of hydrogen-bond acceptors (Lipinski definition) is 2. The fraction of sp³-hybridized carbons (Fsp3) is 0.333. The van der Waals surface area contributed by atoms with Gasteiger partial charge in [-0.05, 0) is 66.5 Å². The number of nitrogens with zero attached hydrogens (tertiary/aromatic N) is 1. The molecule has 1 saturated carbocycles. The van der Waals surface area contributed by atoms with Gasteiger partial charge in [0.15, 0.2) is 0 Å². The zero-order valence-electron chi connectivity index (χ0n) is 12.8. The van der Waals surface area contributed by atoms with Crippen molar-refractivity contribution in [2.24, 2.45) is 0 Å². The first kappa shape index (κ1) is 16.5. The number of alkyl halides is 3. The zero-order chi connectivity index (χ0) is 17.3. The lowest BCUT2D eigenvalue weighted by Crippen LogP contribution is -2.08. The molecule has 1 aromatic carbocycles. The molecule has 3 rings (SSSR count). The van der Waals surface area contributed by atoms with Crippen molar-refractivity contribution in [3.05, 3.63) is 64.5 Å². The van der Waals surface area contributed by atoms with Crippen molar-refractivity contribution in [3.8, 4) is 0 Å². The summed E-state index contributed by atoms with van der Waals surface area (Å²) in [5.41, 5.74) is 1.74. The molecular formula is C18H16F3NO2. The standard InChI is InChI=1S/C18H16F3NO2/c19-18(20,21)14-6-5-12(16(9-14)11-1-2-11)3-4-13-10-22-8-7-15(13)17(23)24/h5-11H,1-4H2,(H,23,24). The smallest absolute Gasteiger partial charge is 0.416 e. The van der Waals surface area contributed by atoms with E-state index >= 15 is 0 Å². The van der Waals surface area contributed by atoms with E-state index in [-0.39, 0.29) is 11.5 Å². The molecule has 0 radical (unpaired) electrons. The van der Waals surface area contributed by atoms with Crippen LogP contribution in [0.25, 0.3) is 0 Å². The van der Waals surface area contributed by atoms with Gasteiger partial charge in [-0.15, -0.1) is 0 Å². The molecule has 0 saturated heterocycles. The van der Waals surface area contributed by atoms with Crippen LogP contribution in [0.4, 0.5) is 13.2 Å². The number of aromatic carboxylic acids is 1. The topological polar surface area (TPSA) is 50.2 Å². The van der Waals surface area contributed by atoms with E-state index in [9.17, 15) is 23.1 Å². The Balaban J connectivity index is 1.84. The molecule has 3 nitrogen and oxygen atoms in total. The SMILES string of the molecule is O=C(O)c1ccncc1CCc1ccc(C(F)(F)F)cc1C1CC1. The molecule has 6 heteroatoms. The van der Waals surface area contributed by atoms with Gasteiger partial charge in [-0.3, -0.25) is 4.98 Å². The van der Waals surface area contributed by atoms with Gasteiger partial charge < -0.3 is 5.11 Å². The average molecular weight is 335 g/mol. The van der Waals surface area contributed by atoms with E-state index in [2.05, 4.69) is 4.98 Å². The lowest BCUT2D eigenvalue weighted by Gasteiger charge is -2.14. The van der Waals surface area contributed by atoms with E-state index in [0.29, 0.717) is 18.4 Å². The summed E-state index contributed by atoms with van der Waals surface area (Å²) in [6.45, 7) is 0. The summed E-state index contributed by atoms with van der Waals surface area (Å²) in [6, 6.07) is 5.30. The minimum absolute atomic E-state index is 0.185. The Bertz CT molecular complexity index is 767. The second-order valence-corrected chi connectivity index (χ2v) is 6.02. The van der Waals surface area contributed by atoms with Crippen molar-refractivity contribution in [3.63, 3.8) is 0 Å². The van der Waals surface area contributed by atoms with Gasteiger partial charge in [-0.1, -0.05) is 6.07 Å². The molecule has 0 aliphatic heterocycles. The molecule has 1 heterocycles. The monoisotopic (exact) mass is 335 g/mol. The fourth-order valence-corrected chi connectivity index (χ4v) is 2.88. The first-order valence-corrected chi connectivity index (χ1v) is 7.72. The molecule has 0 amide bonds. The Hall–Kier alpha value is -2.37. The maximum atomic E-state index is 12.9. The molecular weight excluding hydrogens is 319 g/mol. The number of pyridine rings is 1. The van der Waals surface area contributed by atoms with Gasteiger partial charge in [0.25, 0.3) is 0 Å². The number of carbonyl (C=O) groups is 1. The molecule has 1 aliphatic carbocycles. The Morgan fingerprint density at radius 2 is 1.88 bits per heavy atom. The Morgan fingerprint density at radius 3 is 2.50 bits per heavy atom. The van der Waals surface area contributed by atoms with E-state index in [1.807, 2.05) is 0 Å². The molecule has 0 unspecified atom stereocenters. The van der Waals surface area contributed by atoms with Crippen LogP contribution in [0.2, 0.25) is 0 Å². The highest BCUT2D eigenvalue weighted by molar-refractivity contribution is 5.89. The highest BCUT2D eigenvalue weighted by atomic mass is 19.4. The zero-order valence-corrected chi connectivity index (χ0v) is 12.8. The van der Waals surface area contributed by atoms with Crippen molar-refractivity contribution in [2.75, 3.05) is 0 Å². The van der Waals surface area contributed by atoms with Gasteiger partial charge in [-0.25, -0.2) is 4.79 Å². The Kier molecular flexibility index (Phi) is 4.30. The van der Waals surface area contributed by atoms with Gasteiger partial charge in [0, 0.05) is 12.4 Å². The molecule has 24 heavy (non-hydrogen) atoms. The predicted octanol–water partition coefficient (Wildman–Crippen LogP) is 4.46. The molecule has 1 N–H and O–H groups in total. The van der Waals surface area contributed by atoms with Crippen LogP contribution >= 0.6 is 0 Å². The summed E-state index contributed by atoms with van der Waals surface area (Å²) in [5.74, 6) is -0.836. The molecule has 0 atom stereocenters. The van der Waals surface area contributed by atoms with Crippen molar-refractivity contribution in [2.45, 2.75) is 37.8 Å². The van der Waals surface area contributed by atoms with E-state index in [1.54, 1.807) is 0 Å². The predicted molar refractivity (Wildman–Crippen MR) is 82.0 cm³/mol. The third kappa shape index (κ3) is 3.58. The van der Waals surface area contributed by atoms with E-state index < -0.39 is 17.7 Å². The summed E-state index contributed by atoms with van der Waals surface area (Å²) in [6.07, 6.45) is 1.31. The number of aromatic nitrogens is 1. The number of aryl methyl sites for hydroxylation is 2. The van der Waals surface area contributed by atoms with Crippen LogP contribution in [0.3, 0.4) is 0 Å². The van der Waals surface area contributed by atoms with Crippen molar-refractivity contribution in [1.29, 1.82) is 0 Å². The first-order valence-electron chi connectivity index (χ1n) is 7.72. The van der Waals surface area contributed by atoms with Gasteiger partial charge in [0.05, 0.1) is 11.1 Å². The number of rotatable bonds is 5. The largest absolute Gasteiger partial charge is 0.478 e. The van der Waals surface area contributed by atoms with Crippen LogP contribution < -0.4 is 0 Å². The number of hydrogen-bond donors (Lipinski definition) is 1. The molecule has 1 fully saturated rings. The number of halogens is 3. The minimum Gasteiger partial charge on any atom is -0.478 e. The number of benzene rings is 1. The number of carboxylic acids is 1. The second-order valence-electron chi connectivity index (χ2n) is 6.02. The Morgan fingerprint density at radius 1 is 1.17 bits per heavy atom. The van der Waals surface area contributed by atoms with Crippen molar-refractivity contribution in [1.82, 2.24) is 4.98 Å². The highest BCUT2D eigenvalue weighted by Crippen LogP contribution is 2.44. The molecule has 2 aromatic rings. The lowest BCUT2D eigenvalue weighted by atomic mass is 9.94. The van der Waals surface area contributed by atoms with Crippen molar-refractivity contribution < 1.29 is 23.1 Å². The van der Waals surface area contributed by atoms with Gasteiger partial charge in [-0.2, -0.15) is 13.2 Å². The summed E-state index contributed by atoms with van der Waals surface area (Å²) in [5, 5.41) is 9.19. The third-order valence-electron chi connectivity index (χ3n) is 4.29. The maximum Gasteiger partial charge on any atom is 0.416 e. The lowest BCUT2D eigenvalue weighted by molar-refractivity contribution is -0.137. The van der Waals surface area contributed by atoms with E-state index in [4.69, 9.17) is 0 Å². The van der Waals surface area contributed by atoms with Crippen LogP contribution in [0, 0.1) is 0 Å². The van der Waals surface area contributed by atoms with Crippen LogP contribution in [0.15, 0.2) is 36.7 Å². The normalized spacial score (nSPS) is 14.6. The Labute approximate surface area is 137 Å². The number of carboxylic acid groups (broad SMARTS) is 1.